The van der Waals surface area contributed by atoms with Crippen molar-refractivity contribution in [2.45, 2.75) is 40.0 Å². The quantitative estimate of drug-likeness (QED) is 0.291. The summed E-state index contributed by atoms with van der Waals surface area (Å²) in [5.41, 5.74) is 10.9. The number of anilines is 1. The molecule has 0 bridgehead atoms. The normalized spacial score (nSPS) is 12.0. The minimum Gasteiger partial charge on any atom is -0.362 e. The molecular weight excluding hydrogens is 420 g/mol. The predicted octanol–water partition coefficient (Wildman–Crippen LogP) is 5.68. The van der Waals surface area contributed by atoms with Gasteiger partial charge in [0.2, 0.25) is 0 Å². The molecule has 4 rings (SSSR count). The summed E-state index contributed by atoms with van der Waals surface area (Å²) in [4.78, 5) is 0. The molecule has 1 aliphatic carbocycles. The molecule has 0 saturated heterocycles. The van der Waals surface area contributed by atoms with Gasteiger partial charge in [-0.25, -0.2) is 0 Å². The highest BCUT2D eigenvalue weighted by atomic mass is 32.1. The van der Waals surface area contributed by atoms with Gasteiger partial charge < -0.3 is 10.6 Å². The molecule has 0 atom stereocenters. The minimum atomic E-state index is 0.656. The van der Waals surface area contributed by atoms with Crippen molar-refractivity contribution in [3.63, 3.8) is 0 Å². The SMILES string of the molecule is C=C(C)c1cc(NC(=S)NCCCC)ccc1C1=c2ccc(=C)cc2Cc2cc(C)ccc21. The molecule has 168 valence electrons. The molecule has 3 aromatic carbocycles. The molecule has 0 fully saturated rings. The van der Waals surface area contributed by atoms with E-state index in [0.29, 0.717) is 5.11 Å². The van der Waals surface area contributed by atoms with Crippen LogP contribution in [0.4, 0.5) is 5.69 Å². The Balaban J connectivity index is 1.85. The maximum atomic E-state index is 5.49. The van der Waals surface area contributed by atoms with Crippen LogP contribution in [0.25, 0.3) is 17.7 Å². The van der Waals surface area contributed by atoms with Crippen LogP contribution < -0.4 is 21.1 Å². The van der Waals surface area contributed by atoms with Gasteiger partial charge in [-0.3, -0.25) is 0 Å². The first-order valence-corrected chi connectivity index (χ1v) is 12.1. The van der Waals surface area contributed by atoms with E-state index in [2.05, 4.69) is 99.2 Å². The number of fused-ring (bicyclic) bond motifs is 2. The van der Waals surface area contributed by atoms with Gasteiger partial charge in [0.05, 0.1) is 0 Å². The highest BCUT2D eigenvalue weighted by Crippen LogP contribution is 2.34. The third-order valence-corrected chi connectivity index (χ3v) is 6.42. The lowest BCUT2D eigenvalue weighted by Crippen LogP contribution is -2.29. The van der Waals surface area contributed by atoms with Gasteiger partial charge in [-0.05, 0) is 94.9 Å². The smallest absolute Gasteiger partial charge is 0.170 e. The lowest BCUT2D eigenvalue weighted by molar-refractivity contribution is 0.758. The van der Waals surface area contributed by atoms with Crippen LogP contribution in [-0.4, -0.2) is 11.7 Å². The van der Waals surface area contributed by atoms with Crippen molar-refractivity contribution in [1.29, 1.82) is 0 Å². The average Bonchev–Trinajstić information content (AvgIpc) is 2.77. The van der Waals surface area contributed by atoms with Crippen LogP contribution >= 0.6 is 12.2 Å². The van der Waals surface area contributed by atoms with Crippen LogP contribution in [0.1, 0.15) is 60.1 Å². The zero-order chi connectivity index (χ0) is 23.5. The second-order valence-corrected chi connectivity index (χ2v) is 9.39. The Morgan fingerprint density at radius 2 is 1.79 bits per heavy atom. The van der Waals surface area contributed by atoms with Crippen molar-refractivity contribution in [1.82, 2.24) is 5.32 Å². The Bertz CT molecular complexity index is 1350. The second kappa shape index (κ2) is 9.76. The summed E-state index contributed by atoms with van der Waals surface area (Å²) in [5, 5.41) is 9.60. The molecule has 0 aromatic heterocycles. The van der Waals surface area contributed by atoms with Gasteiger partial charge in [0, 0.05) is 12.2 Å². The van der Waals surface area contributed by atoms with E-state index in [1.165, 1.54) is 38.6 Å². The third kappa shape index (κ3) is 4.94. The van der Waals surface area contributed by atoms with E-state index in [9.17, 15) is 0 Å². The van der Waals surface area contributed by atoms with Crippen LogP contribution in [0.15, 0.2) is 61.2 Å². The van der Waals surface area contributed by atoms with Crippen molar-refractivity contribution >= 4 is 40.7 Å². The van der Waals surface area contributed by atoms with Gasteiger partial charge in [-0.1, -0.05) is 80.1 Å². The topological polar surface area (TPSA) is 24.1 Å². The molecule has 0 aliphatic heterocycles. The van der Waals surface area contributed by atoms with Crippen molar-refractivity contribution in [2.75, 3.05) is 11.9 Å². The fraction of sp³-hybridized carbons (Fsp3) is 0.233. The van der Waals surface area contributed by atoms with Crippen molar-refractivity contribution in [3.8, 4) is 0 Å². The fourth-order valence-electron chi connectivity index (χ4n) is 4.54. The van der Waals surface area contributed by atoms with Crippen molar-refractivity contribution in [3.05, 3.63) is 105 Å². The molecule has 0 radical (unpaired) electrons. The molecule has 33 heavy (non-hydrogen) atoms. The van der Waals surface area contributed by atoms with Gasteiger partial charge in [0.15, 0.2) is 5.11 Å². The lowest BCUT2D eigenvalue weighted by atomic mass is 9.80. The zero-order valence-electron chi connectivity index (χ0n) is 19.8. The van der Waals surface area contributed by atoms with E-state index in [1.807, 2.05) is 0 Å². The standard InChI is InChI=1S/C30H32N2S/c1-6-7-14-31-30(33)32-24-10-13-27(28(18-24)19(2)3)29-25-11-8-20(4)15-22(25)17-23-16-21(5)9-12-26(23)29/h8-13,15-16,18H,2,4,6-7,14,17H2,1,3,5H3,(H2,31,32,33). The molecule has 0 amide bonds. The lowest BCUT2D eigenvalue weighted by Gasteiger charge is -2.24. The van der Waals surface area contributed by atoms with E-state index in [-0.39, 0.29) is 0 Å². The Kier molecular flexibility index (Phi) is 6.80. The Labute approximate surface area is 202 Å². The highest BCUT2D eigenvalue weighted by molar-refractivity contribution is 7.80. The maximum Gasteiger partial charge on any atom is 0.170 e. The summed E-state index contributed by atoms with van der Waals surface area (Å²) in [6.45, 7) is 15.7. The number of rotatable bonds is 6. The number of aryl methyl sites for hydroxylation is 1. The van der Waals surface area contributed by atoms with Crippen LogP contribution in [0.3, 0.4) is 0 Å². The van der Waals surface area contributed by atoms with E-state index < -0.39 is 0 Å². The molecule has 3 aromatic rings. The average molecular weight is 453 g/mol. The molecule has 0 spiro atoms. The van der Waals surface area contributed by atoms with E-state index >= 15 is 0 Å². The summed E-state index contributed by atoms with van der Waals surface area (Å²) in [7, 11) is 0. The van der Waals surface area contributed by atoms with Gasteiger partial charge in [0.1, 0.15) is 0 Å². The summed E-state index contributed by atoms with van der Waals surface area (Å²) in [6, 6.07) is 19.8. The number of nitrogens with one attached hydrogen (secondary N) is 2. The highest BCUT2D eigenvalue weighted by Gasteiger charge is 2.21. The van der Waals surface area contributed by atoms with Gasteiger partial charge >= 0.3 is 0 Å². The Morgan fingerprint density at radius 3 is 2.55 bits per heavy atom. The molecule has 2 nitrogen and oxygen atoms in total. The number of allylic oxidation sites excluding steroid dienone is 1. The monoisotopic (exact) mass is 452 g/mol. The minimum absolute atomic E-state index is 0.656. The molecule has 2 N–H and O–H groups in total. The van der Waals surface area contributed by atoms with Gasteiger partial charge in [-0.15, -0.1) is 0 Å². The first-order chi connectivity index (χ1) is 15.9. The molecular formula is C30H32N2S. The van der Waals surface area contributed by atoms with E-state index in [0.717, 1.165) is 47.8 Å². The van der Waals surface area contributed by atoms with Crippen LogP contribution in [-0.2, 0) is 6.42 Å². The van der Waals surface area contributed by atoms with Gasteiger partial charge in [-0.2, -0.15) is 0 Å². The number of benzene rings is 3. The first-order valence-electron chi connectivity index (χ1n) is 11.6. The van der Waals surface area contributed by atoms with E-state index in [4.69, 9.17) is 12.2 Å². The number of thiocarbonyl (C=S) groups is 1. The Morgan fingerprint density at radius 1 is 1.00 bits per heavy atom. The summed E-state index contributed by atoms with van der Waals surface area (Å²) >= 11 is 5.49. The number of hydrogen-bond donors (Lipinski definition) is 2. The molecule has 0 heterocycles. The summed E-state index contributed by atoms with van der Waals surface area (Å²) < 4.78 is 0. The first kappa shape index (κ1) is 23.0. The second-order valence-electron chi connectivity index (χ2n) is 8.98. The van der Waals surface area contributed by atoms with Crippen LogP contribution in [0, 0.1) is 6.92 Å². The third-order valence-electron chi connectivity index (χ3n) is 6.17. The predicted molar refractivity (Wildman–Crippen MR) is 147 cm³/mol. The Hall–Kier alpha value is -3.17. The van der Waals surface area contributed by atoms with Crippen LogP contribution in [0.5, 0.6) is 0 Å². The molecule has 0 unspecified atom stereocenters. The largest absolute Gasteiger partial charge is 0.362 e. The molecule has 1 aliphatic rings. The number of unbranched alkanes of at least 4 members (excludes halogenated alkanes) is 1. The van der Waals surface area contributed by atoms with Crippen LogP contribution in [0.2, 0.25) is 0 Å². The van der Waals surface area contributed by atoms with E-state index in [1.54, 1.807) is 0 Å². The number of hydrogen-bond acceptors (Lipinski definition) is 1. The zero-order valence-corrected chi connectivity index (χ0v) is 20.7. The summed E-state index contributed by atoms with van der Waals surface area (Å²) in [5.74, 6) is 0. The summed E-state index contributed by atoms with van der Waals surface area (Å²) in [6.07, 6.45) is 3.17. The van der Waals surface area contributed by atoms with Crippen molar-refractivity contribution in [2.24, 2.45) is 0 Å². The molecule has 0 saturated carbocycles. The molecule has 3 heteroatoms. The van der Waals surface area contributed by atoms with Crippen molar-refractivity contribution < 1.29 is 0 Å². The van der Waals surface area contributed by atoms with Gasteiger partial charge in [0.25, 0.3) is 0 Å². The maximum absolute atomic E-state index is 5.49. The fourth-order valence-corrected chi connectivity index (χ4v) is 4.76.